The van der Waals surface area contributed by atoms with Crippen LogP contribution in [0.5, 0.6) is 0 Å². The minimum Gasteiger partial charge on any atom is -0.382 e. The molecule has 7 heteroatoms. The number of hydrogen-bond acceptors (Lipinski definition) is 6. The number of nitrogens with zero attached hydrogens (tertiary/aromatic N) is 1. The highest BCUT2D eigenvalue weighted by Crippen LogP contribution is 2.25. The molecular weight excluding hydrogens is 280 g/mol. The van der Waals surface area contributed by atoms with Crippen LogP contribution in [0.2, 0.25) is 0 Å². The van der Waals surface area contributed by atoms with Crippen LogP contribution in [0.25, 0.3) is 0 Å². The summed E-state index contributed by atoms with van der Waals surface area (Å²) in [6.45, 7) is 4.97. The first-order valence-corrected chi connectivity index (χ1v) is 8.63. The molecule has 108 valence electrons. The number of nitrogens with two attached hydrogens (primary N) is 1. The number of thiazole rings is 1. The summed E-state index contributed by atoms with van der Waals surface area (Å²) < 4.78 is 0. The average Bonchev–Trinajstić information content (AvgIpc) is 2.77. The molecule has 19 heavy (non-hydrogen) atoms. The Hall–Kier alpha value is -0.950. The molecule has 0 saturated heterocycles. The predicted octanol–water partition coefficient (Wildman–Crippen LogP) is 2.42. The zero-order valence-electron chi connectivity index (χ0n) is 11.7. The maximum atomic E-state index is 12.1. The second kappa shape index (κ2) is 8.27. The van der Waals surface area contributed by atoms with Gasteiger partial charge in [0.25, 0.3) is 5.91 Å². The summed E-state index contributed by atoms with van der Waals surface area (Å²) >= 11 is 3.03. The lowest BCUT2D eigenvalue weighted by Gasteiger charge is -2.14. The number of aromatic nitrogens is 1. The molecule has 1 rings (SSSR count). The van der Waals surface area contributed by atoms with E-state index in [0.717, 1.165) is 25.1 Å². The standard InChI is InChI=1S/C12H22N4OS2/c1-4-6-14-12-16-10(13)9(19-12)11(17)15-8(5-2)7-18-3/h8H,4-7,13H2,1-3H3,(H,14,16)(H,15,17). The van der Waals surface area contributed by atoms with E-state index in [1.165, 1.54) is 11.3 Å². The molecule has 1 atom stereocenters. The highest BCUT2D eigenvalue weighted by molar-refractivity contribution is 7.98. The quantitative estimate of drug-likeness (QED) is 0.687. The molecule has 1 heterocycles. The van der Waals surface area contributed by atoms with Crippen LogP contribution in [0.3, 0.4) is 0 Å². The van der Waals surface area contributed by atoms with Crippen molar-refractivity contribution in [3.05, 3.63) is 4.88 Å². The fourth-order valence-electron chi connectivity index (χ4n) is 1.52. The third-order valence-corrected chi connectivity index (χ3v) is 4.35. The van der Waals surface area contributed by atoms with Gasteiger partial charge in [0.1, 0.15) is 10.7 Å². The lowest BCUT2D eigenvalue weighted by Crippen LogP contribution is -2.36. The minimum atomic E-state index is -0.125. The van der Waals surface area contributed by atoms with Gasteiger partial charge in [-0.05, 0) is 19.1 Å². The van der Waals surface area contributed by atoms with Crippen LogP contribution in [0.4, 0.5) is 10.9 Å². The van der Waals surface area contributed by atoms with Gasteiger partial charge in [0.05, 0.1) is 0 Å². The Morgan fingerprint density at radius 2 is 2.26 bits per heavy atom. The lowest BCUT2D eigenvalue weighted by molar-refractivity contribution is 0.0945. The number of nitrogens with one attached hydrogen (secondary N) is 2. The van der Waals surface area contributed by atoms with E-state index in [-0.39, 0.29) is 11.9 Å². The van der Waals surface area contributed by atoms with E-state index in [4.69, 9.17) is 5.73 Å². The van der Waals surface area contributed by atoms with Crippen molar-refractivity contribution in [1.82, 2.24) is 10.3 Å². The van der Waals surface area contributed by atoms with Gasteiger partial charge in [-0.15, -0.1) is 0 Å². The van der Waals surface area contributed by atoms with E-state index in [0.29, 0.717) is 15.8 Å². The van der Waals surface area contributed by atoms with Crippen LogP contribution in [0.1, 0.15) is 36.4 Å². The molecule has 0 saturated carbocycles. The molecule has 1 aromatic heterocycles. The van der Waals surface area contributed by atoms with Crippen LogP contribution >= 0.6 is 23.1 Å². The fraction of sp³-hybridized carbons (Fsp3) is 0.667. The third-order valence-electron chi connectivity index (χ3n) is 2.58. The number of rotatable bonds is 8. The largest absolute Gasteiger partial charge is 0.382 e. The zero-order chi connectivity index (χ0) is 14.3. The van der Waals surface area contributed by atoms with Gasteiger partial charge in [-0.1, -0.05) is 25.2 Å². The summed E-state index contributed by atoms with van der Waals surface area (Å²) in [5.41, 5.74) is 5.80. The number of carbonyl (C=O) groups is 1. The van der Waals surface area contributed by atoms with Crippen molar-refractivity contribution in [2.24, 2.45) is 0 Å². The molecule has 0 aliphatic heterocycles. The Morgan fingerprint density at radius 1 is 1.53 bits per heavy atom. The van der Waals surface area contributed by atoms with Crippen molar-refractivity contribution < 1.29 is 4.79 Å². The second-order valence-electron chi connectivity index (χ2n) is 4.19. The summed E-state index contributed by atoms with van der Waals surface area (Å²) in [7, 11) is 0. The van der Waals surface area contributed by atoms with E-state index >= 15 is 0 Å². The molecule has 0 fully saturated rings. The number of amides is 1. The Kier molecular flexibility index (Phi) is 7.01. The molecular formula is C12H22N4OS2. The molecule has 1 aromatic rings. The van der Waals surface area contributed by atoms with Gasteiger partial charge in [0, 0.05) is 18.3 Å². The molecule has 0 bridgehead atoms. The van der Waals surface area contributed by atoms with E-state index in [2.05, 4.69) is 29.5 Å². The van der Waals surface area contributed by atoms with E-state index in [1.807, 2.05) is 6.26 Å². The van der Waals surface area contributed by atoms with Gasteiger partial charge >= 0.3 is 0 Å². The molecule has 4 N–H and O–H groups in total. The molecule has 0 aromatic carbocycles. The molecule has 5 nitrogen and oxygen atoms in total. The second-order valence-corrected chi connectivity index (χ2v) is 6.10. The SMILES string of the molecule is CCCNc1nc(N)c(C(=O)NC(CC)CSC)s1. The van der Waals surface area contributed by atoms with Crippen LogP contribution in [-0.4, -0.2) is 35.5 Å². The Morgan fingerprint density at radius 3 is 2.84 bits per heavy atom. The van der Waals surface area contributed by atoms with Gasteiger partial charge in [-0.2, -0.15) is 11.8 Å². The normalized spacial score (nSPS) is 12.2. The van der Waals surface area contributed by atoms with Crippen molar-refractivity contribution in [3.63, 3.8) is 0 Å². The van der Waals surface area contributed by atoms with Crippen molar-refractivity contribution in [3.8, 4) is 0 Å². The Balaban J connectivity index is 2.67. The number of thioether (sulfide) groups is 1. The summed E-state index contributed by atoms with van der Waals surface area (Å²) in [6.07, 6.45) is 3.95. The summed E-state index contributed by atoms with van der Waals surface area (Å²) in [4.78, 5) is 16.8. The van der Waals surface area contributed by atoms with Crippen LogP contribution in [0.15, 0.2) is 0 Å². The molecule has 0 aliphatic carbocycles. The highest BCUT2D eigenvalue weighted by Gasteiger charge is 2.18. The van der Waals surface area contributed by atoms with Crippen molar-refractivity contribution in [2.45, 2.75) is 32.7 Å². The minimum absolute atomic E-state index is 0.125. The molecule has 0 aliphatic rings. The van der Waals surface area contributed by atoms with Crippen LogP contribution in [0, 0.1) is 0 Å². The number of nitrogen functional groups attached to an aromatic ring is 1. The molecule has 0 spiro atoms. The smallest absolute Gasteiger partial charge is 0.265 e. The van der Waals surface area contributed by atoms with Gasteiger partial charge in [-0.25, -0.2) is 4.98 Å². The Bertz CT molecular complexity index is 408. The summed E-state index contributed by atoms with van der Waals surface area (Å²) in [6, 6.07) is 0.177. The Labute approximate surface area is 122 Å². The van der Waals surface area contributed by atoms with Gasteiger partial charge in [0.2, 0.25) is 0 Å². The van der Waals surface area contributed by atoms with Crippen molar-refractivity contribution in [2.75, 3.05) is 29.6 Å². The van der Waals surface area contributed by atoms with Gasteiger partial charge in [0.15, 0.2) is 5.13 Å². The fourth-order valence-corrected chi connectivity index (χ4v) is 3.05. The molecule has 0 radical (unpaired) electrons. The van der Waals surface area contributed by atoms with Crippen LogP contribution in [-0.2, 0) is 0 Å². The first-order valence-electron chi connectivity index (χ1n) is 6.42. The van der Waals surface area contributed by atoms with Gasteiger partial charge in [-0.3, -0.25) is 4.79 Å². The maximum absolute atomic E-state index is 12.1. The predicted molar refractivity (Wildman–Crippen MR) is 85.2 cm³/mol. The first-order chi connectivity index (χ1) is 9.12. The van der Waals surface area contributed by atoms with Gasteiger partial charge < -0.3 is 16.4 Å². The number of hydrogen-bond donors (Lipinski definition) is 3. The lowest BCUT2D eigenvalue weighted by atomic mass is 10.2. The third kappa shape index (κ3) is 4.91. The van der Waals surface area contributed by atoms with E-state index < -0.39 is 0 Å². The molecule has 1 unspecified atom stereocenters. The average molecular weight is 302 g/mol. The van der Waals surface area contributed by atoms with Crippen LogP contribution < -0.4 is 16.4 Å². The summed E-state index contributed by atoms with van der Waals surface area (Å²) in [5, 5.41) is 6.85. The van der Waals surface area contributed by atoms with Crippen molar-refractivity contribution in [1.29, 1.82) is 0 Å². The number of anilines is 2. The summed E-state index contributed by atoms with van der Waals surface area (Å²) in [5.74, 6) is 1.09. The topological polar surface area (TPSA) is 80.0 Å². The van der Waals surface area contributed by atoms with Crippen molar-refractivity contribution >= 4 is 40.0 Å². The zero-order valence-corrected chi connectivity index (χ0v) is 13.3. The number of carbonyl (C=O) groups excluding carboxylic acids is 1. The first kappa shape index (κ1) is 16.1. The highest BCUT2D eigenvalue weighted by atomic mass is 32.2. The molecule has 1 amide bonds. The van der Waals surface area contributed by atoms with E-state index in [1.54, 1.807) is 11.8 Å². The maximum Gasteiger partial charge on any atom is 0.265 e. The van der Waals surface area contributed by atoms with E-state index in [9.17, 15) is 4.79 Å². The monoisotopic (exact) mass is 302 g/mol.